The molecule has 6 heteroatoms. The van der Waals surface area contributed by atoms with Crippen LogP contribution in [0.15, 0.2) is 30.5 Å². The van der Waals surface area contributed by atoms with Crippen molar-refractivity contribution < 1.29 is 14.3 Å². The van der Waals surface area contributed by atoms with Crippen molar-refractivity contribution >= 4 is 23.4 Å². The molecule has 1 N–H and O–H groups in total. The number of carbonyl (C=O) groups is 2. The Hall–Kier alpha value is -2.76. The Morgan fingerprint density at radius 2 is 1.91 bits per heavy atom. The van der Waals surface area contributed by atoms with E-state index in [2.05, 4.69) is 20.0 Å². The van der Waals surface area contributed by atoms with Gasteiger partial charge >= 0.3 is 5.97 Å². The van der Waals surface area contributed by atoms with Crippen LogP contribution >= 0.6 is 0 Å². The van der Waals surface area contributed by atoms with E-state index in [1.165, 1.54) is 7.11 Å². The number of benzene rings is 1. The lowest BCUT2D eigenvalue weighted by atomic mass is 10.1. The average Bonchev–Trinajstić information content (AvgIpc) is 2.76. The first kappa shape index (κ1) is 15.1. The number of ether oxygens (including phenoxy) is 1. The third kappa shape index (κ3) is 3.36. The fourth-order valence-electron chi connectivity index (χ4n) is 2.55. The Morgan fingerprint density at radius 3 is 2.65 bits per heavy atom. The molecule has 0 spiro atoms. The van der Waals surface area contributed by atoms with Gasteiger partial charge in [-0.3, -0.25) is 4.79 Å². The monoisotopic (exact) mass is 311 g/mol. The molecule has 1 aromatic carbocycles. The summed E-state index contributed by atoms with van der Waals surface area (Å²) in [4.78, 5) is 32.0. The summed E-state index contributed by atoms with van der Waals surface area (Å²) in [7, 11) is 1.35. The van der Waals surface area contributed by atoms with E-state index in [4.69, 9.17) is 0 Å². The SMILES string of the molecule is COC(=O)c1ccc(Nc2ncc3c(n2)CCCCC3=O)cc1. The van der Waals surface area contributed by atoms with Gasteiger partial charge in [0.15, 0.2) is 5.78 Å². The molecule has 1 aromatic heterocycles. The van der Waals surface area contributed by atoms with E-state index in [0.717, 1.165) is 30.6 Å². The molecule has 118 valence electrons. The number of nitrogens with zero attached hydrogens (tertiary/aromatic N) is 2. The van der Waals surface area contributed by atoms with Crippen molar-refractivity contribution in [1.29, 1.82) is 0 Å². The molecule has 0 bridgehead atoms. The fraction of sp³-hybridized carbons (Fsp3) is 0.294. The Labute approximate surface area is 133 Å². The summed E-state index contributed by atoms with van der Waals surface area (Å²) < 4.78 is 4.66. The lowest BCUT2D eigenvalue weighted by Crippen LogP contribution is -2.07. The van der Waals surface area contributed by atoms with Gasteiger partial charge in [-0.1, -0.05) is 0 Å². The molecule has 0 radical (unpaired) electrons. The third-order valence-corrected chi connectivity index (χ3v) is 3.80. The van der Waals surface area contributed by atoms with Crippen LogP contribution in [-0.2, 0) is 11.2 Å². The minimum Gasteiger partial charge on any atom is -0.465 e. The second kappa shape index (κ2) is 6.56. The zero-order valence-electron chi connectivity index (χ0n) is 12.8. The number of anilines is 2. The van der Waals surface area contributed by atoms with Crippen molar-refractivity contribution in [3.63, 3.8) is 0 Å². The minimum absolute atomic E-state index is 0.117. The van der Waals surface area contributed by atoms with Crippen LogP contribution in [0.4, 0.5) is 11.6 Å². The normalized spacial score (nSPS) is 13.9. The van der Waals surface area contributed by atoms with Crippen LogP contribution in [0.3, 0.4) is 0 Å². The summed E-state index contributed by atoms with van der Waals surface area (Å²) in [6.07, 6.45) is 4.81. The lowest BCUT2D eigenvalue weighted by molar-refractivity contribution is 0.0600. The van der Waals surface area contributed by atoms with Gasteiger partial charge in [-0.15, -0.1) is 0 Å². The highest BCUT2D eigenvalue weighted by molar-refractivity contribution is 5.97. The smallest absolute Gasteiger partial charge is 0.337 e. The molecule has 2 aromatic rings. The average molecular weight is 311 g/mol. The molecule has 0 amide bonds. The van der Waals surface area contributed by atoms with Gasteiger partial charge in [0.1, 0.15) is 0 Å². The van der Waals surface area contributed by atoms with Crippen LogP contribution in [0.1, 0.15) is 45.7 Å². The molecule has 0 fully saturated rings. The predicted octanol–water partition coefficient (Wildman–Crippen LogP) is 2.92. The number of aromatic nitrogens is 2. The molecule has 0 saturated heterocycles. The number of fused-ring (bicyclic) bond motifs is 1. The lowest BCUT2D eigenvalue weighted by Gasteiger charge is -2.08. The van der Waals surface area contributed by atoms with Crippen molar-refractivity contribution in [2.45, 2.75) is 25.7 Å². The zero-order chi connectivity index (χ0) is 16.2. The quantitative estimate of drug-likeness (QED) is 0.693. The number of Topliss-reactive ketones (excluding diaryl/α,β-unsaturated/α-hetero) is 1. The Bertz CT molecular complexity index is 741. The summed E-state index contributed by atoms with van der Waals surface area (Å²) in [6, 6.07) is 6.85. The number of methoxy groups -OCH3 is 1. The van der Waals surface area contributed by atoms with Gasteiger partial charge in [0, 0.05) is 18.3 Å². The Morgan fingerprint density at radius 1 is 1.17 bits per heavy atom. The fourth-order valence-corrected chi connectivity index (χ4v) is 2.55. The number of ketones is 1. The molecule has 1 aliphatic carbocycles. The molecular formula is C17H17N3O3. The zero-order valence-corrected chi connectivity index (χ0v) is 12.8. The first-order valence-corrected chi connectivity index (χ1v) is 7.52. The van der Waals surface area contributed by atoms with E-state index in [1.54, 1.807) is 30.5 Å². The van der Waals surface area contributed by atoms with Gasteiger partial charge in [0.2, 0.25) is 5.95 Å². The Balaban J connectivity index is 1.79. The second-order valence-corrected chi connectivity index (χ2v) is 5.38. The van der Waals surface area contributed by atoms with E-state index in [0.29, 0.717) is 23.5 Å². The number of carbonyl (C=O) groups excluding carboxylic acids is 2. The number of hydrogen-bond donors (Lipinski definition) is 1. The number of hydrogen-bond acceptors (Lipinski definition) is 6. The van der Waals surface area contributed by atoms with Crippen molar-refractivity contribution in [1.82, 2.24) is 9.97 Å². The van der Waals surface area contributed by atoms with Crippen LogP contribution < -0.4 is 5.32 Å². The third-order valence-electron chi connectivity index (χ3n) is 3.80. The van der Waals surface area contributed by atoms with Crippen LogP contribution in [0, 0.1) is 0 Å². The molecule has 23 heavy (non-hydrogen) atoms. The highest BCUT2D eigenvalue weighted by atomic mass is 16.5. The van der Waals surface area contributed by atoms with Crippen LogP contribution in [0.25, 0.3) is 0 Å². The van der Waals surface area contributed by atoms with E-state index < -0.39 is 0 Å². The maximum absolute atomic E-state index is 12.0. The van der Waals surface area contributed by atoms with Crippen molar-refractivity contribution in [2.75, 3.05) is 12.4 Å². The number of rotatable bonds is 3. The first-order chi connectivity index (χ1) is 11.2. The van der Waals surface area contributed by atoms with Gasteiger partial charge in [-0.05, 0) is 43.5 Å². The predicted molar refractivity (Wildman–Crippen MR) is 85.0 cm³/mol. The summed E-state index contributed by atoms with van der Waals surface area (Å²) in [5.74, 6) is 0.187. The first-order valence-electron chi connectivity index (χ1n) is 7.52. The largest absolute Gasteiger partial charge is 0.465 e. The highest BCUT2D eigenvalue weighted by Gasteiger charge is 2.17. The molecule has 1 aliphatic rings. The van der Waals surface area contributed by atoms with Gasteiger partial charge < -0.3 is 10.1 Å². The summed E-state index contributed by atoms with van der Waals surface area (Å²) >= 11 is 0. The van der Waals surface area contributed by atoms with E-state index in [9.17, 15) is 9.59 Å². The number of aryl methyl sites for hydroxylation is 1. The summed E-state index contributed by atoms with van der Waals surface area (Å²) in [5.41, 5.74) is 2.68. The summed E-state index contributed by atoms with van der Waals surface area (Å²) in [6.45, 7) is 0. The van der Waals surface area contributed by atoms with Gasteiger partial charge in [0.05, 0.1) is 23.9 Å². The molecule has 6 nitrogen and oxygen atoms in total. The van der Waals surface area contributed by atoms with Gasteiger partial charge in [0.25, 0.3) is 0 Å². The Kier molecular flexibility index (Phi) is 4.32. The minimum atomic E-state index is -0.378. The van der Waals surface area contributed by atoms with Crippen molar-refractivity contribution in [3.05, 3.63) is 47.3 Å². The van der Waals surface area contributed by atoms with E-state index in [-0.39, 0.29) is 11.8 Å². The van der Waals surface area contributed by atoms with Crippen molar-refractivity contribution in [3.8, 4) is 0 Å². The highest BCUT2D eigenvalue weighted by Crippen LogP contribution is 2.21. The van der Waals surface area contributed by atoms with Gasteiger partial charge in [-0.25, -0.2) is 14.8 Å². The number of nitrogens with one attached hydrogen (secondary N) is 1. The molecule has 0 atom stereocenters. The van der Waals surface area contributed by atoms with Crippen LogP contribution in [-0.4, -0.2) is 28.8 Å². The topological polar surface area (TPSA) is 81.2 Å². The molecule has 1 heterocycles. The summed E-state index contributed by atoms with van der Waals surface area (Å²) in [5, 5.41) is 3.09. The maximum Gasteiger partial charge on any atom is 0.337 e. The molecular weight excluding hydrogens is 294 g/mol. The van der Waals surface area contributed by atoms with Crippen LogP contribution in [0.5, 0.6) is 0 Å². The van der Waals surface area contributed by atoms with Crippen molar-refractivity contribution in [2.24, 2.45) is 0 Å². The second-order valence-electron chi connectivity index (χ2n) is 5.38. The maximum atomic E-state index is 12.0. The van der Waals surface area contributed by atoms with Gasteiger partial charge in [-0.2, -0.15) is 0 Å². The molecule has 0 saturated carbocycles. The molecule has 0 aliphatic heterocycles. The number of esters is 1. The molecule has 3 rings (SSSR count). The molecule has 0 unspecified atom stereocenters. The van der Waals surface area contributed by atoms with E-state index >= 15 is 0 Å². The van der Waals surface area contributed by atoms with E-state index in [1.807, 2.05) is 0 Å². The van der Waals surface area contributed by atoms with Crippen LogP contribution in [0.2, 0.25) is 0 Å². The standard InChI is InChI=1S/C17H17N3O3/c1-23-16(22)11-6-8-12(9-7-11)19-17-18-10-13-14(20-17)4-2-3-5-15(13)21/h6-10H,2-5H2,1H3,(H,18,19,20).